The fourth-order valence-electron chi connectivity index (χ4n) is 3.82. The number of allylic oxidation sites excluding steroid dienone is 1. The van der Waals surface area contributed by atoms with Gasteiger partial charge >= 0.3 is 6.09 Å². The van der Waals surface area contributed by atoms with Crippen molar-refractivity contribution in [2.45, 2.75) is 96.2 Å². The topological polar surface area (TPSA) is 65.1 Å². The molecular formula is C22H39NO5. The van der Waals surface area contributed by atoms with E-state index in [2.05, 4.69) is 12.2 Å². The molecule has 1 aliphatic rings. The molecule has 1 fully saturated rings. The number of carbonyl (C=O) groups excluding carboxylic acids is 2. The fraction of sp³-hybridized carbons (Fsp3) is 0.818. The Balaban J connectivity index is 2.33. The van der Waals surface area contributed by atoms with Crippen molar-refractivity contribution >= 4 is 11.9 Å². The van der Waals surface area contributed by atoms with Crippen molar-refractivity contribution in [3.8, 4) is 0 Å². The van der Waals surface area contributed by atoms with Gasteiger partial charge in [-0.1, -0.05) is 31.4 Å². The van der Waals surface area contributed by atoms with E-state index in [-0.39, 0.29) is 36.9 Å². The Morgan fingerprint density at radius 1 is 1.04 bits per heavy atom. The maximum atomic E-state index is 12.3. The van der Waals surface area contributed by atoms with Crippen LogP contribution in [0.2, 0.25) is 0 Å². The molecule has 0 spiro atoms. The maximum Gasteiger partial charge on any atom is 0.410 e. The SMILES string of the molecule is COCO[C@@H]1CC[C@H](C/C=C/CCCCCCCC(C)=O)N(C(=O)OC)[C@@H]1C. The molecule has 1 saturated heterocycles. The summed E-state index contributed by atoms with van der Waals surface area (Å²) < 4.78 is 15.7. The largest absolute Gasteiger partial charge is 0.453 e. The van der Waals surface area contributed by atoms with Crippen molar-refractivity contribution in [1.82, 2.24) is 4.90 Å². The summed E-state index contributed by atoms with van der Waals surface area (Å²) in [6, 6.07) is 0.109. The van der Waals surface area contributed by atoms with Gasteiger partial charge in [-0.25, -0.2) is 4.79 Å². The number of rotatable bonds is 13. The van der Waals surface area contributed by atoms with Crippen LogP contribution < -0.4 is 0 Å². The fourth-order valence-corrected chi connectivity index (χ4v) is 3.82. The van der Waals surface area contributed by atoms with E-state index < -0.39 is 0 Å². The minimum Gasteiger partial charge on any atom is -0.453 e. The van der Waals surface area contributed by atoms with E-state index in [9.17, 15) is 9.59 Å². The third kappa shape index (κ3) is 9.20. The van der Waals surface area contributed by atoms with Crippen molar-refractivity contribution in [1.29, 1.82) is 0 Å². The molecule has 0 aliphatic carbocycles. The van der Waals surface area contributed by atoms with Gasteiger partial charge < -0.3 is 19.0 Å². The summed E-state index contributed by atoms with van der Waals surface area (Å²) in [5, 5.41) is 0. The summed E-state index contributed by atoms with van der Waals surface area (Å²) in [5.74, 6) is 0.289. The molecule has 0 unspecified atom stereocenters. The van der Waals surface area contributed by atoms with Gasteiger partial charge in [0.25, 0.3) is 0 Å². The zero-order valence-corrected chi connectivity index (χ0v) is 18.2. The number of amides is 1. The lowest BCUT2D eigenvalue weighted by atomic mass is 9.92. The highest BCUT2D eigenvalue weighted by atomic mass is 16.7. The van der Waals surface area contributed by atoms with Crippen LogP contribution in [0.3, 0.4) is 0 Å². The lowest BCUT2D eigenvalue weighted by Crippen LogP contribution is -2.55. The zero-order valence-electron chi connectivity index (χ0n) is 18.2. The van der Waals surface area contributed by atoms with Gasteiger partial charge in [0.1, 0.15) is 12.6 Å². The van der Waals surface area contributed by atoms with Crippen LogP contribution in [-0.4, -0.2) is 56.0 Å². The summed E-state index contributed by atoms with van der Waals surface area (Å²) in [7, 11) is 3.03. The molecule has 0 saturated carbocycles. The molecule has 0 aromatic carbocycles. The molecule has 1 rings (SSSR count). The first-order chi connectivity index (χ1) is 13.5. The van der Waals surface area contributed by atoms with Gasteiger partial charge in [-0.2, -0.15) is 0 Å². The monoisotopic (exact) mass is 397 g/mol. The van der Waals surface area contributed by atoms with Crippen LogP contribution in [0.25, 0.3) is 0 Å². The average Bonchev–Trinajstić information content (AvgIpc) is 2.68. The maximum absolute atomic E-state index is 12.3. The Hall–Kier alpha value is -1.40. The van der Waals surface area contributed by atoms with Crippen molar-refractivity contribution < 1.29 is 23.8 Å². The number of ketones is 1. The molecule has 162 valence electrons. The molecule has 1 aliphatic heterocycles. The molecular weight excluding hydrogens is 358 g/mol. The smallest absolute Gasteiger partial charge is 0.410 e. The van der Waals surface area contributed by atoms with E-state index in [1.165, 1.54) is 26.4 Å². The first kappa shape index (κ1) is 24.6. The van der Waals surface area contributed by atoms with E-state index in [4.69, 9.17) is 14.2 Å². The van der Waals surface area contributed by atoms with Gasteiger partial charge in [-0.05, 0) is 52.4 Å². The number of piperidine rings is 1. The molecule has 1 amide bonds. The second-order valence-electron chi connectivity index (χ2n) is 7.68. The Kier molecular flexibility index (Phi) is 12.8. The number of unbranched alkanes of at least 4 members (excludes halogenated alkanes) is 5. The van der Waals surface area contributed by atoms with Gasteiger partial charge in [0, 0.05) is 19.6 Å². The molecule has 0 aromatic rings. The summed E-state index contributed by atoms with van der Waals surface area (Å²) in [6.45, 7) is 3.91. The highest BCUT2D eigenvalue weighted by molar-refractivity contribution is 5.75. The highest BCUT2D eigenvalue weighted by Crippen LogP contribution is 2.28. The Labute approximate surface area is 170 Å². The minimum absolute atomic E-state index is 0.0257. The quantitative estimate of drug-likeness (QED) is 0.252. The number of hydrogen-bond donors (Lipinski definition) is 0. The van der Waals surface area contributed by atoms with E-state index in [0.29, 0.717) is 6.42 Å². The number of Topliss-reactive ketones (excluding diaryl/α,β-unsaturated/α-hetero) is 1. The zero-order chi connectivity index (χ0) is 20.8. The summed E-state index contributed by atoms with van der Waals surface area (Å²) in [4.78, 5) is 25.0. The van der Waals surface area contributed by atoms with Crippen molar-refractivity contribution in [2.24, 2.45) is 0 Å². The van der Waals surface area contributed by atoms with Crippen LogP contribution in [-0.2, 0) is 19.0 Å². The summed E-state index contributed by atoms with van der Waals surface area (Å²) in [5.41, 5.74) is 0. The van der Waals surface area contributed by atoms with Crippen molar-refractivity contribution in [3.05, 3.63) is 12.2 Å². The number of carbonyl (C=O) groups is 2. The number of nitrogens with zero attached hydrogens (tertiary/aromatic N) is 1. The molecule has 3 atom stereocenters. The normalized spacial score (nSPS) is 22.6. The molecule has 0 N–H and O–H groups in total. The Morgan fingerprint density at radius 2 is 1.75 bits per heavy atom. The molecule has 0 bridgehead atoms. The van der Waals surface area contributed by atoms with Crippen LogP contribution in [0.15, 0.2) is 12.2 Å². The lowest BCUT2D eigenvalue weighted by Gasteiger charge is -2.43. The Morgan fingerprint density at radius 3 is 2.43 bits per heavy atom. The number of methoxy groups -OCH3 is 2. The minimum atomic E-state index is -0.290. The van der Waals surface area contributed by atoms with E-state index >= 15 is 0 Å². The molecule has 1 heterocycles. The van der Waals surface area contributed by atoms with E-state index in [0.717, 1.165) is 38.5 Å². The van der Waals surface area contributed by atoms with Crippen molar-refractivity contribution in [3.63, 3.8) is 0 Å². The first-order valence-corrected chi connectivity index (χ1v) is 10.6. The van der Waals surface area contributed by atoms with Gasteiger partial charge in [-0.15, -0.1) is 0 Å². The van der Waals surface area contributed by atoms with Crippen molar-refractivity contribution in [2.75, 3.05) is 21.0 Å². The molecule has 0 radical (unpaired) electrons. The standard InChI is InChI=1S/C22H39NO5/c1-18(24)13-11-9-7-5-6-8-10-12-14-20-15-16-21(28-17-26-3)19(2)23(20)22(25)27-4/h10,12,19-21H,5-9,11,13-17H2,1-4H3/b12-10+/t19-,20+,21-/m1/s1. The predicted octanol–water partition coefficient (Wildman–Crippen LogP) is 4.86. The lowest BCUT2D eigenvalue weighted by molar-refractivity contribution is -0.117. The van der Waals surface area contributed by atoms with E-state index in [1.54, 1.807) is 14.0 Å². The first-order valence-electron chi connectivity index (χ1n) is 10.6. The second-order valence-corrected chi connectivity index (χ2v) is 7.68. The molecule has 0 aromatic heterocycles. The summed E-state index contributed by atoms with van der Waals surface area (Å²) in [6.07, 6.45) is 14.3. The van der Waals surface area contributed by atoms with Crippen LogP contribution in [0.1, 0.15) is 78.1 Å². The van der Waals surface area contributed by atoms with Gasteiger partial charge in [0.15, 0.2) is 0 Å². The molecule has 6 heteroatoms. The Bertz CT molecular complexity index is 480. The third-order valence-corrected chi connectivity index (χ3v) is 5.41. The van der Waals surface area contributed by atoms with Gasteiger partial charge in [0.2, 0.25) is 0 Å². The summed E-state index contributed by atoms with van der Waals surface area (Å²) >= 11 is 0. The van der Waals surface area contributed by atoms with Crippen LogP contribution in [0.5, 0.6) is 0 Å². The van der Waals surface area contributed by atoms with Crippen LogP contribution >= 0.6 is 0 Å². The average molecular weight is 398 g/mol. The predicted molar refractivity (Wildman–Crippen MR) is 110 cm³/mol. The number of ether oxygens (including phenoxy) is 3. The molecule has 6 nitrogen and oxygen atoms in total. The number of likely N-dealkylation sites (tertiary alicyclic amines) is 1. The highest BCUT2D eigenvalue weighted by Gasteiger charge is 2.38. The second kappa shape index (κ2) is 14.6. The van der Waals surface area contributed by atoms with Gasteiger partial charge in [0.05, 0.1) is 19.3 Å². The van der Waals surface area contributed by atoms with Crippen LogP contribution in [0, 0.1) is 0 Å². The molecule has 28 heavy (non-hydrogen) atoms. The van der Waals surface area contributed by atoms with Gasteiger partial charge in [-0.3, -0.25) is 4.90 Å². The third-order valence-electron chi connectivity index (χ3n) is 5.41. The van der Waals surface area contributed by atoms with E-state index in [1.807, 2.05) is 11.8 Å². The van der Waals surface area contributed by atoms with Crippen LogP contribution in [0.4, 0.5) is 4.79 Å². The number of hydrogen-bond acceptors (Lipinski definition) is 5.